The van der Waals surface area contributed by atoms with Gasteiger partial charge in [0.25, 0.3) is 11.9 Å². The largest absolute Gasteiger partial charge is 0.479 e. The van der Waals surface area contributed by atoms with Crippen LogP contribution in [0.3, 0.4) is 0 Å². The molecule has 0 spiro atoms. The molecule has 1 aromatic heterocycles. The molecular weight excluding hydrogens is 454 g/mol. The van der Waals surface area contributed by atoms with Crippen LogP contribution in [-0.4, -0.2) is 63.6 Å². The average Bonchev–Trinajstić information content (AvgIpc) is 3.59. The van der Waals surface area contributed by atoms with Gasteiger partial charge in [0.2, 0.25) is 5.82 Å². The number of hydrogen-bond donors (Lipinski definition) is 4. The smallest absolute Gasteiger partial charge is 0.414 e. The van der Waals surface area contributed by atoms with Crippen molar-refractivity contribution in [3.63, 3.8) is 0 Å². The molecule has 5 rings (SSSR count). The Morgan fingerprint density at radius 2 is 1.74 bits per heavy atom. The standard InChI is InChI=1S/C24H23N5O6/c30-21(25-11-13-9-10-19(35-13)22(31)32)20-26-23(29-28-20)27-24(33)34-12-18-16-7-3-1-5-14(16)15-6-2-4-8-17(15)18/h1-8,13,18-19H,9-12H2,(H,25,30)(H,31,32)(H2,26,27,28,29,33). The Bertz CT molecular complexity index is 1230. The van der Waals surface area contributed by atoms with Crippen molar-refractivity contribution in [3.05, 3.63) is 65.5 Å². The molecule has 35 heavy (non-hydrogen) atoms. The van der Waals surface area contributed by atoms with Crippen LogP contribution in [0.4, 0.5) is 10.7 Å². The van der Waals surface area contributed by atoms with E-state index in [-0.39, 0.29) is 36.9 Å². The van der Waals surface area contributed by atoms with Gasteiger partial charge < -0.3 is 19.9 Å². The SMILES string of the molecule is O=C(Nc1n[nH]c(C(=O)NCC2CCC(C(=O)O)O2)n1)OCC1c2ccccc2-c2ccccc21. The van der Waals surface area contributed by atoms with E-state index in [0.717, 1.165) is 22.3 Å². The third kappa shape index (κ3) is 4.71. The highest BCUT2D eigenvalue weighted by atomic mass is 16.5. The van der Waals surface area contributed by atoms with Crippen molar-refractivity contribution in [2.45, 2.75) is 31.0 Å². The molecule has 0 bridgehead atoms. The van der Waals surface area contributed by atoms with Crippen LogP contribution >= 0.6 is 0 Å². The lowest BCUT2D eigenvalue weighted by atomic mass is 9.98. The van der Waals surface area contributed by atoms with Gasteiger partial charge in [0.1, 0.15) is 6.61 Å². The van der Waals surface area contributed by atoms with E-state index in [1.54, 1.807) is 0 Å². The van der Waals surface area contributed by atoms with Gasteiger partial charge in [-0.2, -0.15) is 4.98 Å². The second kappa shape index (κ2) is 9.55. The highest BCUT2D eigenvalue weighted by Crippen LogP contribution is 2.44. The van der Waals surface area contributed by atoms with Crippen molar-refractivity contribution >= 4 is 23.9 Å². The first-order valence-corrected chi connectivity index (χ1v) is 11.2. The summed E-state index contributed by atoms with van der Waals surface area (Å²) in [7, 11) is 0. The number of aliphatic carboxylic acids is 1. The molecule has 1 aliphatic heterocycles. The first-order valence-electron chi connectivity index (χ1n) is 11.2. The van der Waals surface area contributed by atoms with Gasteiger partial charge in [0, 0.05) is 12.5 Å². The van der Waals surface area contributed by atoms with E-state index < -0.39 is 24.1 Å². The molecule has 2 aromatic carbocycles. The minimum Gasteiger partial charge on any atom is -0.479 e. The van der Waals surface area contributed by atoms with Gasteiger partial charge in [-0.15, -0.1) is 5.10 Å². The molecule has 0 radical (unpaired) electrons. The van der Waals surface area contributed by atoms with Crippen molar-refractivity contribution in [3.8, 4) is 11.1 Å². The summed E-state index contributed by atoms with van der Waals surface area (Å²) in [4.78, 5) is 39.6. The monoisotopic (exact) mass is 477 g/mol. The molecule has 2 heterocycles. The van der Waals surface area contributed by atoms with Gasteiger partial charge in [-0.1, -0.05) is 48.5 Å². The van der Waals surface area contributed by atoms with Gasteiger partial charge in [-0.3, -0.25) is 15.2 Å². The number of carbonyl (C=O) groups excluding carboxylic acids is 2. The van der Waals surface area contributed by atoms with Crippen LogP contribution in [0.15, 0.2) is 48.5 Å². The summed E-state index contributed by atoms with van der Waals surface area (Å²) in [5, 5.41) is 20.3. The number of carboxylic acids is 1. The van der Waals surface area contributed by atoms with Gasteiger partial charge in [0.15, 0.2) is 6.10 Å². The summed E-state index contributed by atoms with van der Waals surface area (Å²) < 4.78 is 10.8. The lowest BCUT2D eigenvalue weighted by Gasteiger charge is -2.13. The first kappa shape index (κ1) is 22.5. The number of benzene rings is 2. The number of nitrogens with one attached hydrogen (secondary N) is 3. The second-order valence-electron chi connectivity index (χ2n) is 8.33. The van der Waals surface area contributed by atoms with Crippen LogP contribution in [0.2, 0.25) is 0 Å². The Balaban J connectivity index is 1.13. The number of ether oxygens (including phenoxy) is 2. The third-order valence-corrected chi connectivity index (χ3v) is 6.13. The average molecular weight is 477 g/mol. The molecule has 3 aromatic rings. The number of nitrogens with zero attached hydrogens (tertiary/aromatic N) is 2. The molecule has 2 aliphatic rings. The van der Waals surface area contributed by atoms with Crippen LogP contribution < -0.4 is 10.6 Å². The van der Waals surface area contributed by atoms with Gasteiger partial charge in [0.05, 0.1) is 6.10 Å². The Morgan fingerprint density at radius 3 is 2.40 bits per heavy atom. The molecule has 2 amide bonds. The summed E-state index contributed by atoms with van der Waals surface area (Å²) in [6.45, 7) is 0.273. The fourth-order valence-electron chi connectivity index (χ4n) is 4.47. The fraction of sp³-hybridized carbons (Fsp3) is 0.292. The molecule has 180 valence electrons. The first-order chi connectivity index (χ1) is 17.0. The van der Waals surface area contributed by atoms with Gasteiger partial charge in [-0.05, 0) is 35.1 Å². The van der Waals surface area contributed by atoms with Crippen molar-refractivity contribution in [1.82, 2.24) is 20.5 Å². The Labute approximate surface area is 199 Å². The lowest BCUT2D eigenvalue weighted by Crippen LogP contribution is -2.33. The van der Waals surface area contributed by atoms with E-state index in [9.17, 15) is 14.4 Å². The zero-order valence-corrected chi connectivity index (χ0v) is 18.6. The number of aromatic amines is 1. The van der Waals surface area contributed by atoms with Crippen molar-refractivity contribution in [2.24, 2.45) is 0 Å². The minimum absolute atomic E-state index is 0.0832. The molecule has 11 nitrogen and oxygen atoms in total. The van der Waals surface area contributed by atoms with Crippen LogP contribution in [0, 0.1) is 0 Å². The molecule has 4 N–H and O–H groups in total. The molecule has 1 saturated heterocycles. The predicted molar refractivity (Wildman–Crippen MR) is 123 cm³/mol. The maximum Gasteiger partial charge on any atom is 0.414 e. The zero-order chi connectivity index (χ0) is 24.4. The Kier molecular flexibility index (Phi) is 6.15. The predicted octanol–water partition coefficient (Wildman–Crippen LogP) is 2.53. The van der Waals surface area contributed by atoms with Crippen molar-refractivity contribution in [1.29, 1.82) is 0 Å². The molecule has 11 heteroatoms. The fourth-order valence-corrected chi connectivity index (χ4v) is 4.47. The number of rotatable bonds is 7. The Morgan fingerprint density at radius 1 is 1.06 bits per heavy atom. The van der Waals surface area contributed by atoms with Crippen molar-refractivity contribution < 1.29 is 29.0 Å². The highest BCUT2D eigenvalue weighted by Gasteiger charge is 2.31. The molecule has 1 aliphatic carbocycles. The third-order valence-electron chi connectivity index (χ3n) is 6.13. The number of hydrogen-bond acceptors (Lipinski definition) is 7. The number of H-pyrrole nitrogens is 1. The van der Waals surface area contributed by atoms with Crippen LogP contribution in [0.5, 0.6) is 0 Å². The van der Waals surface area contributed by atoms with Crippen LogP contribution in [0.1, 0.15) is 40.5 Å². The zero-order valence-electron chi connectivity index (χ0n) is 18.6. The molecule has 0 saturated carbocycles. The minimum atomic E-state index is -1.02. The van der Waals surface area contributed by atoms with Crippen LogP contribution in [0.25, 0.3) is 11.1 Å². The lowest BCUT2D eigenvalue weighted by molar-refractivity contribution is -0.149. The second-order valence-corrected chi connectivity index (χ2v) is 8.33. The molecule has 2 atom stereocenters. The quantitative estimate of drug-likeness (QED) is 0.405. The summed E-state index contributed by atoms with van der Waals surface area (Å²) in [6, 6.07) is 16.0. The normalized spacial score (nSPS) is 18.5. The van der Waals surface area contributed by atoms with E-state index in [0.29, 0.717) is 12.8 Å². The number of amides is 2. The van der Waals surface area contributed by atoms with Crippen molar-refractivity contribution in [2.75, 3.05) is 18.5 Å². The van der Waals surface area contributed by atoms with Gasteiger partial charge >= 0.3 is 12.1 Å². The van der Waals surface area contributed by atoms with E-state index >= 15 is 0 Å². The topological polar surface area (TPSA) is 156 Å². The Hall–Kier alpha value is -4.25. The van der Waals surface area contributed by atoms with E-state index in [1.807, 2.05) is 36.4 Å². The number of carbonyl (C=O) groups is 3. The van der Waals surface area contributed by atoms with Gasteiger partial charge in [-0.25, -0.2) is 9.59 Å². The number of fused-ring (bicyclic) bond motifs is 3. The molecule has 1 fully saturated rings. The summed E-state index contributed by atoms with van der Waals surface area (Å²) in [6.07, 6.45) is -1.05. The number of carboxylic acid groups (broad SMARTS) is 1. The van der Waals surface area contributed by atoms with E-state index in [2.05, 4.69) is 37.9 Å². The maximum absolute atomic E-state index is 12.4. The summed E-state index contributed by atoms with van der Waals surface area (Å²) in [5.41, 5.74) is 4.45. The van der Waals surface area contributed by atoms with Crippen LogP contribution in [-0.2, 0) is 14.3 Å². The summed E-state index contributed by atoms with van der Waals surface area (Å²) in [5.74, 6) is -1.86. The maximum atomic E-state index is 12.4. The number of anilines is 1. The van der Waals surface area contributed by atoms with E-state index in [1.165, 1.54) is 0 Å². The highest BCUT2D eigenvalue weighted by molar-refractivity contribution is 5.91. The van der Waals surface area contributed by atoms with E-state index in [4.69, 9.17) is 14.6 Å². The summed E-state index contributed by atoms with van der Waals surface area (Å²) >= 11 is 0. The molecule has 2 unspecified atom stereocenters. The number of aromatic nitrogens is 3. The molecular formula is C24H23N5O6.